The number of amides is 1. The summed E-state index contributed by atoms with van der Waals surface area (Å²) in [5, 5.41) is 2.63. The normalized spacial score (nSPS) is 17.8. The summed E-state index contributed by atoms with van der Waals surface area (Å²) in [7, 11) is -1.06. The maximum absolute atomic E-state index is 13.7. The molecule has 0 bridgehead atoms. The maximum Gasteiger partial charge on any atom is 0.492 e. The van der Waals surface area contributed by atoms with Gasteiger partial charge in [-0.3, -0.25) is 0 Å². The van der Waals surface area contributed by atoms with Crippen LogP contribution >= 0.6 is 0 Å². The summed E-state index contributed by atoms with van der Waals surface area (Å²) >= 11 is 0. The average Bonchev–Trinajstić information content (AvgIpc) is 3.34. The number of halogens is 4. The Kier molecular flexibility index (Phi) is 7.50. The van der Waals surface area contributed by atoms with Gasteiger partial charge in [0.25, 0.3) is 0 Å². The molecule has 0 atom stereocenters. The molecule has 1 amide bonds. The summed E-state index contributed by atoms with van der Waals surface area (Å²) in [6, 6.07) is 18.3. The second-order valence-electron chi connectivity index (χ2n) is 11.2. The lowest BCUT2D eigenvalue weighted by atomic mass is 9.76. The Morgan fingerprint density at radius 3 is 2.07 bits per heavy atom. The molecular weight excluding hydrogens is 537 g/mol. The molecule has 0 aromatic heterocycles. The molecule has 1 aliphatic heterocycles. The summed E-state index contributed by atoms with van der Waals surface area (Å²) in [6.07, 6.45) is -4.33. The largest absolute Gasteiger partial charge is 0.492 e. The van der Waals surface area contributed by atoms with Gasteiger partial charge < -0.3 is 19.4 Å². The fraction of sp³-hybridized carbons (Fsp3) is 0.323. The molecule has 10 heteroatoms. The molecule has 1 aliphatic carbocycles. The fourth-order valence-corrected chi connectivity index (χ4v) is 5.12. The Hall–Kier alpha value is -3.63. The molecule has 1 heterocycles. The zero-order chi connectivity index (χ0) is 29.6. The van der Waals surface area contributed by atoms with Crippen LogP contribution in [0.4, 0.5) is 22.4 Å². The van der Waals surface area contributed by atoms with Crippen molar-refractivity contribution in [3.63, 3.8) is 0 Å². The van der Waals surface area contributed by atoms with Gasteiger partial charge in [-0.15, -0.1) is 0 Å². The standard InChI is InChI=1S/C31H30BF4NO4/c1-29(2)30(3,4)41-32(40-29)20(15-19-13-14-21(33)16-27(19)31(34,35)36)17-37-28(38)39-18-26-24-11-7-5-9-22(24)23-10-6-8-12-25(23)26/h5-16,26H,17-18H2,1-4H3,(H,37,38). The SMILES string of the molecule is CC1(C)OB(C(=Cc2ccc(F)cc2C(F)(F)F)CNC(=O)OCC2c3ccccc3-c3ccccc32)OC1(C)C. The number of hydrogen-bond acceptors (Lipinski definition) is 4. The van der Waals surface area contributed by atoms with E-state index in [1.807, 2.05) is 76.2 Å². The molecule has 5 rings (SSSR count). The number of alkyl carbamates (subject to hydrolysis) is 1. The van der Waals surface area contributed by atoms with Crippen LogP contribution < -0.4 is 5.32 Å². The minimum atomic E-state index is -4.80. The number of fused-ring (bicyclic) bond motifs is 3. The number of nitrogens with one attached hydrogen (secondary N) is 1. The van der Waals surface area contributed by atoms with Crippen LogP contribution in [0.25, 0.3) is 17.2 Å². The van der Waals surface area contributed by atoms with E-state index in [0.717, 1.165) is 34.4 Å². The first-order valence-corrected chi connectivity index (χ1v) is 13.3. The van der Waals surface area contributed by atoms with Gasteiger partial charge >= 0.3 is 19.4 Å². The predicted octanol–water partition coefficient (Wildman–Crippen LogP) is 7.40. The third kappa shape index (κ3) is 5.76. The minimum Gasteiger partial charge on any atom is -0.449 e. The van der Waals surface area contributed by atoms with E-state index >= 15 is 0 Å². The van der Waals surface area contributed by atoms with E-state index in [4.69, 9.17) is 14.0 Å². The molecule has 0 unspecified atom stereocenters. The van der Waals surface area contributed by atoms with E-state index < -0.39 is 42.0 Å². The van der Waals surface area contributed by atoms with Gasteiger partial charge in [-0.25, -0.2) is 9.18 Å². The van der Waals surface area contributed by atoms with Crippen LogP contribution in [-0.2, 0) is 20.2 Å². The van der Waals surface area contributed by atoms with Gasteiger partial charge in [0.15, 0.2) is 0 Å². The van der Waals surface area contributed by atoms with Crippen molar-refractivity contribution in [1.82, 2.24) is 5.32 Å². The summed E-state index contributed by atoms with van der Waals surface area (Å²) in [4.78, 5) is 12.8. The van der Waals surface area contributed by atoms with Crippen LogP contribution in [-0.4, -0.2) is 37.6 Å². The van der Waals surface area contributed by atoms with E-state index in [9.17, 15) is 22.4 Å². The molecule has 0 spiro atoms. The van der Waals surface area contributed by atoms with Gasteiger partial charge in [-0.2, -0.15) is 13.2 Å². The monoisotopic (exact) mass is 567 g/mol. The lowest BCUT2D eigenvalue weighted by molar-refractivity contribution is -0.137. The first kappa shape index (κ1) is 28.9. The van der Waals surface area contributed by atoms with E-state index in [-0.39, 0.29) is 30.1 Å². The minimum absolute atomic E-state index is 0.0750. The molecule has 5 nitrogen and oxygen atoms in total. The summed E-state index contributed by atoms with van der Waals surface area (Å²) in [6.45, 7) is 7.09. The predicted molar refractivity (Wildman–Crippen MR) is 149 cm³/mol. The van der Waals surface area contributed by atoms with E-state index in [1.54, 1.807) is 0 Å². The van der Waals surface area contributed by atoms with Crippen LogP contribution in [0.15, 0.2) is 72.2 Å². The third-order valence-electron chi connectivity index (χ3n) is 8.00. The number of benzene rings is 3. The van der Waals surface area contributed by atoms with Crippen LogP contribution in [0.3, 0.4) is 0 Å². The Balaban J connectivity index is 1.36. The molecule has 0 saturated carbocycles. The summed E-state index contributed by atoms with van der Waals surface area (Å²) in [5.74, 6) is -1.16. The molecule has 0 radical (unpaired) electrons. The first-order valence-electron chi connectivity index (χ1n) is 13.3. The van der Waals surface area contributed by atoms with Gasteiger partial charge in [-0.1, -0.05) is 60.7 Å². The lowest BCUT2D eigenvalue weighted by Crippen LogP contribution is -2.41. The van der Waals surface area contributed by atoms with Crippen molar-refractivity contribution >= 4 is 19.3 Å². The van der Waals surface area contributed by atoms with Gasteiger partial charge in [-0.05, 0) is 73.1 Å². The third-order valence-corrected chi connectivity index (χ3v) is 8.00. The maximum atomic E-state index is 13.7. The van der Waals surface area contributed by atoms with Crippen molar-refractivity contribution in [2.45, 2.75) is 51.0 Å². The van der Waals surface area contributed by atoms with Crippen molar-refractivity contribution < 1.29 is 36.4 Å². The number of carbonyl (C=O) groups is 1. The second kappa shape index (κ2) is 10.7. The van der Waals surface area contributed by atoms with Gasteiger partial charge in [0.05, 0.1) is 16.8 Å². The van der Waals surface area contributed by atoms with E-state index in [2.05, 4.69) is 5.32 Å². The van der Waals surface area contributed by atoms with Crippen LogP contribution in [0.5, 0.6) is 0 Å². The number of hydrogen-bond donors (Lipinski definition) is 1. The van der Waals surface area contributed by atoms with Crippen molar-refractivity contribution in [2.75, 3.05) is 13.2 Å². The number of ether oxygens (including phenoxy) is 1. The highest BCUT2D eigenvalue weighted by atomic mass is 19.4. The molecule has 3 aromatic carbocycles. The van der Waals surface area contributed by atoms with E-state index in [0.29, 0.717) is 6.07 Å². The van der Waals surface area contributed by atoms with Crippen molar-refractivity contribution in [2.24, 2.45) is 0 Å². The van der Waals surface area contributed by atoms with Gasteiger partial charge in [0.2, 0.25) is 0 Å². The highest BCUT2D eigenvalue weighted by Gasteiger charge is 2.52. The zero-order valence-corrected chi connectivity index (χ0v) is 23.1. The Bertz CT molecular complexity index is 1440. The Morgan fingerprint density at radius 1 is 0.951 bits per heavy atom. The molecule has 214 valence electrons. The molecule has 1 N–H and O–H groups in total. The lowest BCUT2D eigenvalue weighted by Gasteiger charge is -2.32. The number of alkyl halides is 3. The summed E-state index contributed by atoms with van der Waals surface area (Å²) in [5.41, 5.74) is 1.50. The van der Waals surface area contributed by atoms with Crippen LogP contribution in [0, 0.1) is 5.82 Å². The zero-order valence-electron chi connectivity index (χ0n) is 23.1. The first-order chi connectivity index (χ1) is 19.3. The molecule has 2 aliphatic rings. The van der Waals surface area contributed by atoms with Crippen LogP contribution in [0.2, 0.25) is 0 Å². The molecular formula is C31H30BF4NO4. The smallest absolute Gasteiger partial charge is 0.449 e. The highest BCUT2D eigenvalue weighted by molar-refractivity contribution is 6.56. The number of carbonyl (C=O) groups excluding carboxylic acids is 1. The average molecular weight is 567 g/mol. The molecule has 1 saturated heterocycles. The van der Waals surface area contributed by atoms with Gasteiger partial charge in [0.1, 0.15) is 12.4 Å². The van der Waals surface area contributed by atoms with Crippen molar-refractivity contribution in [3.05, 3.63) is 100 Å². The second-order valence-corrected chi connectivity index (χ2v) is 11.2. The Labute approximate surface area is 236 Å². The molecule has 41 heavy (non-hydrogen) atoms. The van der Waals surface area contributed by atoms with Crippen LogP contribution in [0.1, 0.15) is 55.9 Å². The summed E-state index contributed by atoms with van der Waals surface area (Å²) < 4.78 is 72.6. The fourth-order valence-electron chi connectivity index (χ4n) is 5.12. The molecule has 3 aromatic rings. The van der Waals surface area contributed by atoms with Gasteiger partial charge in [0, 0.05) is 12.5 Å². The Morgan fingerprint density at radius 2 is 1.51 bits per heavy atom. The molecule has 1 fully saturated rings. The van der Waals surface area contributed by atoms with Crippen molar-refractivity contribution in [3.8, 4) is 11.1 Å². The highest BCUT2D eigenvalue weighted by Crippen LogP contribution is 2.44. The van der Waals surface area contributed by atoms with Crippen molar-refractivity contribution in [1.29, 1.82) is 0 Å². The number of rotatable bonds is 6. The quantitative estimate of drug-likeness (QED) is 0.249. The topological polar surface area (TPSA) is 56.8 Å². The van der Waals surface area contributed by atoms with E-state index in [1.165, 1.54) is 6.08 Å².